The molecule has 284 valence electrons. The summed E-state index contributed by atoms with van der Waals surface area (Å²) in [4.78, 5) is 15.2. The van der Waals surface area contributed by atoms with Gasteiger partial charge in [-0.15, -0.1) is 0 Å². The molecule has 57 heavy (non-hydrogen) atoms. The van der Waals surface area contributed by atoms with Crippen LogP contribution in [-0.4, -0.2) is 24.6 Å². The third-order valence-corrected chi connectivity index (χ3v) is 11.3. The molecule has 0 bridgehead atoms. The molecule has 0 saturated heterocycles. The maximum atomic E-state index is 11.6. The van der Waals surface area contributed by atoms with E-state index in [0.717, 1.165) is 72.2 Å². The fraction of sp³-hybridized carbons (Fsp3) is 0.235. The van der Waals surface area contributed by atoms with E-state index in [2.05, 4.69) is 134 Å². The summed E-state index contributed by atoms with van der Waals surface area (Å²) in [6.45, 7) is 20.2. The molecule has 0 aliphatic carbocycles. The van der Waals surface area contributed by atoms with Crippen LogP contribution in [0.3, 0.4) is 0 Å². The van der Waals surface area contributed by atoms with Crippen molar-refractivity contribution >= 4 is 44.0 Å². The van der Waals surface area contributed by atoms with Gasteiger partial charge in [0.1, 0.15) is 22.7 Å². The zero-order chi connectivity index (χ0) is 40.0. The second-order valence-corrected chi connectivity index (χ2v) is 18.4. The van der Waals surface area contributed by atoms with Crippen LogP contribution in [0.1, 0.15) is 79.0 Å². The molecule has 9 rings (SSSR count). The van der Waals surface area contributed by atoms with Crippen LogP contribution in [0.5, 0.6) is 5.75 Å². The number of aromatic nitrogens is 4. The molecule has 0 spiro atoms. The molecular weight excluding hydrogens is 701 g/mol. The first kappa shape index (κ1) is 36.4. The van der Waals surface area contributed by atoms with E-state index in [1.54, 1.807) is 18.5 Å². The summed E-state index contributed by atoms with van der Waals surface area (Å²) in [5.41, 5.74) is 13.7. The molecule has 6 nitrogen and oxygen atoms in total. The quantitative estimate of drug-likeness (QED) is 0.194. The van der Waals surface area contributed by atoms with E-state index in [9.17, 15) is 5.11 Å². The maximum Gasteiger partial charge on any atom is 0.147 e. The summed E-state index contributed by atoms with van der Waals surface area (Å²) in [6, 6.07) is 38.0. The summed E-state index contributed by atoms with van der Waals surface area (Å²) >= 11 is 0. The predicted molar refractivity (Wildman–Crippen MR) is 236 cm³/mol. The maximum absolute atomic E-state index is 11.6. The number of hydrogen-bond donors (Lipinski definition) is 1. The Morgan fingerprint density at radius 3 is 1.98 bits per heavy atom. The molecule has 0 saturated carbocycles. The molecule has 6 heteroatoms. The van der Waals surface area contributed by atoms with Crippen LogP contribution in [0, 0.1) is 0 Å². The molecule has 0 fully saturated rings. The van der Waals surface area contributed by atoms with Gasteiger partial charge in [-0.05, 0) is 99.2 Å². The highest BCUT2D eigenvalue weighted by atomic mass is 16.3. The first-order valence-electron chi connectivity index (χ1n) is 19.7. The van der Waals surface area contributed by atoms with Crippen molar-refractivity contribution in [3.8, 4) is 45.1 Å². The van der Waals surface area contributed by atoms with Gasteiger partial charge in [-0.1, -0.05) is 111 Å². The average Bonchev–Trinajstić information content (AvgIpc) is 3.75. The molecule has 0 aliphatic rings. The largest absolute Gasteiger partial charge is 0.507 e. The summed E-state index contributed by atoms with van der Waals surface area (Å²) in [6.07, 6.45) is 3.54. The van der Waals surface area contributed by atoms with Gasteiger partial charge in [-0.25, -0.2) is 4.98 Å². The lowest BCUT2D eigenvalue weighted by Crippen LogP contribution is -2.13. The minimum Gasteiger partial charge on any atom is -0.507 e. The van der Waals surface area contributed by atoms with Crippen LogP contribution >= 0.6 is 0 Å². The van der Waals surface area contributed by atoms with Crippen LogP contribution in [0.15, 0.2) is 126 Å². The number of rotatable bonds is 4. The van der Waals surface area contributed by atoms with Gasteiger partial charge in [0.25, 0.3) is 0 Å². The van der Waals surface area contributed by atoms with Crippen molar-refractivity contribution in [1.29, 1.82) is 0 Å². The molecule has 0 atom stereocenters. The number of benzene rings is 6. The smallest absolute Gasteiger partial charge is 0.147 e. The fourth-order valence-corrected chi connectivity index (χ4v) is 7.98. The highest BCUT2D eigenvalue weighted by molar-refractivity contribution is 6.13. The first-order chi connectivity index (χ1) is 27.1. The van der Waals surface area contributed by atoms with E-state index < -0.39 is 0 Å². The van der Waals surface area contributed by atoms with Gasteiger partial charge >= 0.3 is 0 Å². The number of phenolic OH excluding ortho intramolecular Hbond substituents is 1. The Bertz CT molecular complexity index is 3020. The highest BCUT2D eigenvalue weighted by Crippen LogP contribution is 2.45. The summed E-state index contributed by atoms with van der Waals surface area (Å²) in [7, 11) is 0. The Morgan fingerprint density at radius 2 is 1.25 bits per heavy atom. The average molecular weight is 749 g/mol. The van der Waals surface area contributed by atoms with Crippen LogP contribution < -0.4 is 0 Å². The topological polar surface area (TPSA) is 77.0 Å². The SMILES string of the molecule is CC(C)(C)c1ccc(-n2c(-c3cc(-c4cc(C(C)(C)C)cc5nccnc45)cc(C(C)(C)C)c3)nc3c(-c4c(O)ccc5c4oc4ccccc45)cccc32)cc1. The van der Waals surface area contributed by atoms with Crippen molar-refractivity contribution in [3.05, 3.63) is 138 Å². The molecule has 3 aromatic heterocycles. The molecular formula is C51H48N4O2. The molecule has 0 unspecified atom stereocenters. The third kappa shape index (κ3) is 6.24. The number of imidazole rings is 1. The minimum atomic E-state index is -0.174. The van der Waals surface area contributed by atoms with E-state index >= 15 is 0 Å². The third-order valence-electron chi connectivity index (χ3n) is 11.3. The molecule has 0 radical (unpaired) electrons. The van der Waals surface area contributed by atoms with E-state index in [1.807, 2.05) is 36.4 Å². The lowest BCUT2D eigenvalue weighted by molar-refractivity contribution is 0.477. The Morgan fingerprint density at radius 1 is 0.561 bits per heavy atom. The van der Waals surface area contributed by atoms with Crippen LogP contribution in [0.25, 0.3) is 83.3 Å². The van der Waals surface area contributed by atoms with Crippen molar-refractivity contribution in [2.45, 2.75) is 78.6 Å². The van der Waals surface area contributed by atoms with E-state index in [4.69, 9.17) is 19.4 Å². The van der Waals surface area contributed by atoms with Crippen LogP contribution in [-0.2, 0) is 16.2 Å². The lowest BCUT2D eigenvalue weighted by Gasteiger charge is -2.24. The zero-order valence-electron chi connectivity index (χ0n) is 34.2. The summed E-state index contributed by atoms with van der Waals surface area (Å²) < 4.78 is 8.76. The van der Waals surface area contributed by atoms with Gasteiger partial charge in [-0.3, -0.25) is 14.5 Å². The summed E-state index contributed by atoms with van der Waals surface area (Å²) in [5, 5.41) is 13.6. The number of aromatic hydroxyl groups is 1. The number of hydrogen-bond acceptors (Lipinski definition) is 5. The number of nitrogens with zero attached hydrogens (tertiary/aromatic N) is 4. The normalized spacial score (nSPS) is 12.7. The molecule has 9 aromatic rings. The van der Waals surface area contributed by atoms with E-state index in [1.165, 1.54) is 16.7 Å². The van der Waals surface area contributed by atoms with Gasteiger partial charge in [0.2, 0.25) is 0 Å². The molecule has 0 amide bonds. The Labute approximate surface area is 333 Å². The van der Waals surface area contributed by atoms with E-state index in [-0.39, 0.29) is 22.0 Å². The van der Waals surface area contributed by atoms with Crippen molar-refractivity contribution in [2.24, 2.45) is 0 Å². The van der Waals surface area contributed by atoms with Gasteiger partial charge in [0.05, 0.1) is 27.6 Å². The lowest BCUT2D eigenvalue weighted by atomic mass is 9.82. The van der Waals surface area contributed by atoms with Gasteiger partial charge in [0, 0.05) is 45.5 Å². The first-order valence-corrected chi connectivity index (χ1v) is 19.7. The van der Waals surface area contributed by atoms with Crippen molar-refractivity contribution in [3.63, 3.8) is 0 Å². The molecule has 6 aromatic carbocycles. The Kier molecular flexibility index (Phi) is 8.22. The standard InChI is InChI=1S/C51H48N4O2/c1-49(2,3)32-17-19-35(20-18-32)55-41-15-12-14-38(44-42(56)22-21-37-36-13-10-11-16-43(36)57-47(37)44)46(41)54-48(55)31-25-30(26-33(27-31)50(4,5)6)39-28-34(51(7,8)9)29-40-45(39)53-24-23-52-40/h10-29,56H,1-9H3. The fourth-order valence-electron chi connectivity index (χ4n) is 7.98. The molecule has 3 heterocycles. The number of fused-ring (bicyclic) bond motifs is 5. The predicted octanol–water partition coefficient (Wildman–Crippen LogP) is 13.5. The second-order valence-electron chi connectivity index (χ2n) is 18.4. The highest BCUT2D eigenvalue weighted by Gasteiger charge is 2.26. The number of furan rings is 1. The van der Waals surface area contributed by atoms with Crippen LogP contribution in [0.4, 0.5) is 0 Å². The second kappa shape index (κ2) is 12.9. The van der Waals surface area contributed by atoms with Gasteiger partial charge in [0.15, 0.2) is 0 Å². The van der Waals surface area contributed by atoms with Crippen molar-refractivity contribution in [2.75, 3.05) is 0 Å². The van der Waals surface area contributed by atoms with Gasteiger partial charge < -0.3 is 9.52 Å². The number of phenols is 1. The minimum absolute atomic E-state index is 0.00245. The van der Waals surface area contributed by atoms with E-state index in [0.29, 0.717) is 11.1 Å². The van der Waals surface area contributed by atoms with Gasteiger partial charge in [-0.2, -0.15) is 0 Å². The Hall–Kier alpha value is -6.27. The van der Waals surface area contributed by atoms with Crippen molar-refractivity contribution < 1.29 is 9.52 Å². The zero-order valence-corrected chi connectivity index (χ0v) is 34.2. The number of para-hydroxylation sites is 2. The monoisotopic (exact) mass is 748 g/mol. The Balaban J connectivity index is 1.36. The molecule has 1 N–H and O–H groups in total. The van der Waals surface area contributed by atoms with Crippen molar-refractivity contribution in [1.82, 2.24) is 19.5 Å². The summed E-state index contributed by atoms with van der Waals surface area (Å²) in [5.74, 6) is 0.940. The molecule has 0 aliphatic heterocycles. The van der Waals surface area contributed by atoms with Crippen LogP contribution in [0.2, 0.25) is 0 Å².